The lowest BCUT2D eigenvalue weighted by Gasteiger charge is -2.12. The second-order valence-corrected chi connectivity index (χ2v) is 4.37. The average Bonchev–Trinajstić information content (AvgIpc) is 2.35. The van der Waals surface area contributed by atoms with Crippen molar-refractivity contribution >= 4 is 29.3 Å². The Morgan fingerprint density at radius 2 is 2.17 bits per heavy atom. The zero-order valence-corrected chi connectivity index (χ0v) is 11.6. The summed E-state index contributed by atoms with van der Waals surface area (Å²) in [6.45, 7) is 2.99. The molecule has 0 aromatic carbocycles. The molecule has 0 aliphatic rings. The third-order valence-corrected chi connectivity index (χ3v) is 2.46. The Balaban J connectivity index is 2.66. The molecular formula is C11H18ClN5O. The van der Waals surface area contributed by atoms with E-state index in [1.807, 2.05) is 0 Å². The number of rotatable bonds is 6. The fraction of sp³-hybridized carbons (Fsp3) is 0.545. The monoisotopic (exact) mass is 271 g/mol. The van der Waals surface area contributed by atoms with Crippen molar-refractivity contribution in [1.29, 1.82) is 0 Å². The van der Waals surface area contributed by atoms with Crippen LogP contribution in [-0.2, 0) is 4.79 Å². The van der Waals surface area contributed by atoms with Crippen LogP contribution in [0.1, 0.15) is 13.3 Å². The van der Waals surface area contributed by atoms with Crippen LogP contribution in [0.5, 0.6) is 0 Å². The lowest BCUT2D eigenvalue weighted by Crippen LogP contribution is -2.29. The number of carbonyl (C=O) groups excluding carboxylic acids is 1. The number of hydrogen-bond donors (Lipinski definition) is 2. The van der Waals surface area contributed by atoms with Gasteiger partial charge >= 0.3 is 0 Å². The highest BCUT2D eigenvalue weighted by molar-refractivity contribution is 6.32. The number of amides is 1. The Morgan fingerprint density at radius 1 is 1.44 bits per heavy atom. The topological polar surface area (TPSA) is 70.2 Å². The molecule has 0 aliphatic carbocycles. The number of aromatic nitrogens is 2. The predicted octanol–water partition coefficient (Wildman–Crippen LogP) is 1.45. The quantitative estimate of drug-likeness (QED) is 0.820. The molecule has 1 rings (SSSR count). The summed E-state index contributed by atoms with van der Waals surface area (Å²) >= 11 is 5.95. The van der Waals surface area contributed by atoms with Gasteiger partial charge in [-0.15, -0.1) is 0 Å². The largest absolute Gasteiger partial charge is 0.360 e. The molecule has 0 bridgehead atoms. The molecule has 1 heterocycles. The molecule has 0 saturated carbocycles. The fourth-order valence-electron chi connectivity index (χ4n) is 1.13. The van der Waals surface area contributed by atoms with Gasteiger partial charge in [0.05, 0.1) is 12.7 Å². The molecule has 1 aromatic heterocycles. The van der Waals surface area contributed by atoms with Crippen LogP contribution >= 0.6 is 11.6 Å². The smallest absolute Gasteiger partial charge is 0.241 e. The number of halogens is 1. The van der Waals surface area contributed by atoms with Gasteiger partial charge in [0.1, 0.15) is 5.02 Å². The third kappa shape index (κ3) is 4.37. The molecule has 18 heavy (non-hydrogen) atoms. The van der Waals surface area contributed by atoms with Crippen molar-refractivity contribution in [2.45, 2.75) is 13.3 Å². The Hall–Kier alpha value is -1.56. The van der Waals surface area contributed by atoms with Crippen LogP contribution < -0.4 is 10.6 Å². The summed E-state index contributed by atoms with van der Waals surface area (Å²) in [5.41, 5.74) is 0. The number of carbonyl (C=O) groups is 1. The van der Waals surface area contributed by atoms with E-state index >= 15 is 0 Å². The van der Waals surface area contributed by atoms with Gasteiger partial charge in [-0.1, -0.05) is 18.5 Å². The van der Waals surface area contributed by atoms with E-state index in [9.17, 15) is 4.79 Å². The Labute approximate surface area is 112 Å². The van der Waals surface area contributed by atoms with E-state index < -0.39 is 0 Å². The van der Waals surface area contributed by atoms with Gasteiger partial charge in [0.15, 0.2) is 5.82 Å². The van der Waals surface area contributed by atoms with Crippen LogP contribution in [-0.4, -0.2) is 48.0 Å². The van der Waals surface area contributed by atoms with Crippen molar-refractivity contribution in [1.82, 2.24) is 14.9 Å². The van der Waals surface area contributed by atoms with Crippen LogP contribution in [0.3, 0.4) is 0 Å². The van der Waals surface area contributed by atoms with Crippen LogP contribution in [0.2, 0.25) is 5.02 Å². The lowest BCUT2D eigenvalue weighted by atomic mass is 10.5. The zero-order chi connectivity index (χ0) is 13.5. The molecule has 0 spiro atoms. The maximum absolute atomic E-state index is 11.4. The van der Waals surface area contributed by atoms with Crippen molar-refractivity contribution in [3.63, 3.8) is 0 Å². The van der Waals surface area contributed by atoms with E-state index in [4.69, 9.17) is 11.6 Å². The second kappa shape index (κ2) is 7.00. The highest BCUT2D eigenvalue weighted by Crippen LogP contribution is 2.19. The third-order valence-electron chi connectivity index (χ3n) is 2.18. The van der Waals surface area contributed by atoms with E-state index in [0.717, 1.165) is 13.0 Å². The minimum Gasteiger partial charge on any atom is -0.360 e. The number of likely N-dealkylation sites (N-methyl/N-ethyl adjacent to an activating group) is 1. The normalized spacial score (nSPS) is 10.0. The van der Waals surface area contributed by atoms with Crippen LogP contribution in [0, 0.1) is 0 Å². The number of nitrogens with one attached hydrogen (secondary N) is 2. The highest BCUT2D eigenvalue weighted by atomic mass is 35.5. The summed E-state index contributed by atoms with van der Waals surface area (Å²) < 4.78 is 0. The molecule has 6 nitrogen and oxygen atoms in total. The van der Waals surface area contributed by atoms with Crippen molar-refractivity contribution in [2.75, 3.05) is 37.8 Å². The molecule has 100 valence electrons. The van der Waals surface area contributed by atoms with Crippen LogP contribution in [0.4, 0.5) is 11.8 Å². The molecule has 7 heteroatoms. The maximum atomic E-state index is 11.4. The minimum absolute atomic E-state index is 0.0484. The van der Waals surface area contributed by atoms with E-state index in [1.165, 1.54) is 11.1 Å². The first-order valence-corrected chi connectivity index (χ1v) is 6.12. The number of anilines is 2. The molecule has 0 radical (unpaired) electrons. The van der Waals surface area contributed by atoms with Gasteiger partial charge in [-0.3, -0.25) is 4.79 Å². The summed E-state index contributed by atoms with van der Waals surface area (Å²) in [6.07, 6.45) is 2.49. The highest BCUT2D eigenvalue weighted by Gasteiger charge is 2.08. The zero-order valence-electron chi connectivity index (χ0n) is 10.8. The SMILES string of the molecule is CCCNc1ncc(Cl)c(NCC(=O)N(C)C)n1. The van der Waals surface area contributed by atoms with Crippen molar-refractivity contribution in [2.24, 2.45) is 0 Å². The summed E-state index contributed by atoms with van der Waals surface area (Å²) in [7, 11) is 3.39. The predicted molar refractivity (Wildman–Crippen MR) is 73.0 cm³/mol. The van der Waals surface area contributed by atoms with Gasteiger partial charge in [0, 0.05) is 20.6 Å². The first-order valence-electron chi connectivity index (χ1n) is 5.75. The Kier molecular flexibility index (Phi) is 5.64. The van der Waals surface area contributed by atoms with Crippen molar-refractivity contribution in [3.05, 3.63) is 11.2 Å². The van der Waals surface area contributed by atoms with Gasteiger partial charge in [-0.05, 0) is 6.42 Å². The molecule has 0 fully saturated rings. The van der Waals surface area contributed by atoms with Crippen LogP contribution in [0.15, 0.2) is 6.20 Å². The summed E-state index contributed by atoms with van der Waals surface area (Å²) in [5, 5.41) is 6.34. The van der Waals surface area contributed by atoms with Crippen LogP contribution in [0.25, 0.3) is 0 Å². The molecular weight excluding hydrogens is 254 g/mol. The molecule has 2 N–H and O–H groups in total. The number of hydrogen-bond acceptors (Lipinski definition) is 5. The summed E-state index contributed by atoms with van der Waals surface area (Å²) in [4.78, 5) is 21.2. The van der Waals surface area contributed by atoms with Gasteiger partial charge in [-0.25, -0.2) is 4.98 Å². The maximum Gasteiger partial charge on any atom is 0.241 e. The molecule has 0 unspecified atom stereocenters. The second-order valence-electron chi connectivity index (χ2n) is 3.96. The number of nitrogens with zero attached hydrogens (tertiary/aromatic N) is 3. The average molecular weight is 272 g/mol. The minimum atomic E-state index is -0.0484. The van der Waals surface area contributed by atoms with E-state index in [0.29, 0.717) is 16.8 Å². The molecule has 0 saturated heterocycles. The van der Waals surface area contributed by atoms with Gasteiger partial charge in [0.25, 0.3) is 0 Å². The van der Waals surface area contributed by atoms with Gasteiger partial charge in [0.2, 0.25) is 11.9 Å². The van der Waals surface area contributed by atoms with E-state index in [-0.39, 0.29) is 12.5 Å². The van der Waals surface area contributed by atoms with Crippen molar-refractivity contribution in [3.8, 4) is 0 Å². The fourth-order valence-corrected chi connectivity index (χ4v) is 1.29. The lowest BCUT2D eigenvalue weighted by molar-refractivity contribution is -0.126. The van der Waals surface area contributed by atoms with E-state index in [1.54, 1.807) is 14.1 Å². The van der Waals surface area contributed by atoms with Gasteiger partial charge < -0.3 is 15.5 Å². The first-order chi connectivity index (χ1) is 8.54. The summed E-state index contributed by atoms with van der Waals surface area (Å²) in [5.74, 6) is 0.911. The molecule has 1 aromatic rings. The summed E-state index contributed by atoms with van der Waals surface area (Å²) in [6, 6.07) is 0. The Bertz CT molecular complexity index is 410. The molecule has 0 atom stereocenters. The first kappa shape index (κ1) is 14.5. The van der Waals surface area contributed by atoms with E-state index in [2.05, 4.69) is 27.5 Å². The Morgan fingerprint density at radius 3 is 2.78 bits per heavy atom. The van der Waals surface area contributed by atoms with Gasteiger partial charge in [-0.2, -0.15) is 4.98 Å². The van der Waals surface area contributed by atoms with Crippen molar-refractivity contribution < 1.29 is 4.79 Å². The molecule has 0 aliphatic heterocycles. The molecule has 1 amide bonds. The standard InChI is InChI=1S/C11H18ClN5O/c1-4-5-13-11-15-6-8(12)10(16-11)14-7-9(18)17(2)3/h6H,4-5,7H2,1-3H3,(H2,13,14,15,16).